The van der Waals surface area contributed by atoms with Gasteiger partial charge >= 0.3 is 0 Å². The van der Waals surface area contributed by atoms with Gasteiger partial charge in [0.25, 0.3) is 0 Å². The molecule has 0 bridgehead atoms. The van der Waals surface area contributed by atoms with Crippen LogP contribution in [0.15, 0.2) is 12.1 Å². The van der Waals surface area contributed by atoms with Crippen LogP contribution >= 0.6 is 0 Å². The highest BCUT2D eigenvalue weighted by molar-refractivity contribution is 5.32. The Labute approximate surface area is 88.7 Å². The first-order valence-corrected chi connectivity index (χ1v) is 4.96. The first-order chi connectivity index (χ1) is 6.75. The van der Waals surface area contributed by atoms with Crippen molar-refractivity contribution in [2.24, 2.45) is 0 Å². The molecule has 0 amide bonds. The third kappa shape index (κ3) is 2.34. The molecule has 0 aliphatic carbocycles. The van der Waals surface area contributed by atoms with E-state index in [4.69, 9.17) is 0 Å². The van der Waals surface area contributed by atoms with Gasteiger partial charge < -0.3 is 5.11 Å². The second-order valence-corrected chi connectivity index (χ2v) is 4.54. The standard InChI is InChI=1S/C12H16F2O/c1-7(2)8-5-6-9(13)10(11(8)14)12(3,4)15/h5-7,15H,1-4H3. The molecule has 84 valence electrons. The molecule has 15 heavy (non-hydrogen) atoms. The molecule has 0 aliphatic rings. The van der Waals surface area contributed by atoms with E-state index in [1.807, 2.05) is 13.8 Å². The third-order valence-electron chi connectivity index (χ3n) is 2.35. The molecule has 0 radical (unpaired) electrons. The second kappa shape index (κ2) is 3.89. The Kier molecular flexibility index (Phi) is 3.14. The largest absolute Gasteiger partial charge is 0.386 e. The van der Waals surface area contributed by atoms with E-state index in [0.29, 0.717) is 5.56 Å². The van der Waals surface area contributed by atoms with E-state index in [9.17, 15) is 13.9 Å². The lowest BCUT2D eigenvalue weighted by Gasteiger charge is -2.21. The molecule has 0 aliphatic heterocycles. The molecule has 0 unspecified atom stereocenters. The second-order valence-electron chi connectivity index (χ2n) is 4.54. The lowest BCUT2D eigenvalue weighted by atomic mass is 9.91. The van der Waals surface area contributed by atoms with Crippen molar-refractivity contribution in [3.05, 3.63) is 34.9 Å². The molecule has 1 aromatic rings. The first-order valence-electron chi connectivity index (χ1n) is 4.96. The highest BCUT2D eigenvalue weighted by Crippen LogP contribution is 2.30. The number of hydrogen-bond donors (Lipinski definition) is 1. The van der Waals surface area contributed by atoms with Crippen LogP contribution in [0.2, 0.25) is 0 Å². The summed E-state index contributed by atoms with van der Waals surface area (Å²) >= 11 is 0. The van der Waals surface area contributed by atoms with Crippen molar-refractivity contribution in [3.63, 3.8) is 0 Å². The SMILES string of the molecule is CC(C)c1ccc(F)c(C(C)(C)O)c1F. The fourth-order valence-electron chi connectivity index (χ4n) is 1.58. The third-order valence-corrected chi connectivity index (χ3v) is 2.35. The van der Waals surface area contributed by atoms with Crippen LogP contribution in [0.1, 0.15) is 44.7 Å². The average molecular weight is 214 g/mol. The van der Waals surface area contributed by atoms with Gasteiger partial charge in [0.1, 0.15) is 11.6 Å². The molecule has 0 saturated carbocycles. The summed E-state index contributed by atoms with van der Waals surface area (Å²) in [5.74, 6) is -1.38. The van der Waals surface area contributed by atoms with Crippen molar-refractivity contribution in [2.45, 2.75) is 39.2 Å². The molecule has 3 heteroatoms. The molecule has 0 atom stereocenters. The number of benzene rings is 1. The van der Waals surface area contributed by atoms with Gasteiger partial charge in [0.2, 0.25) is 0 Å². The first kappa shape index (κ1) is 12.1. The summed E-state index contributed by atoms with van der Waals surface area (Å²) < 4.78 is 27.3. The minimum Gasteiger partial charge on any atom is -0.386 e. The molecule has 1 aromatic carbocycles. The number of hydrogen-bond acceptors (Lipinski definition) is 1. The maximum Gasteiger partial charge on any atom is 0.135 e. The van der Waals surface area contributed by atoms with E-state index < -0.39 is 17.2 Å². The van der Waals surface area contributed by atoms with Crippen LogP contribution in [0.25, 0.3) is 0 Å². The van der Waals surface area contributed by atoms with Crippen LogP contribution in [0, 0.1) is 11.6 Å². The van der Waals surface area contributed by atoms with Gasteiger partial charge in [0, 0.05) is 0 Å². The molecule has 1 rings (SSSR count). The smallest absolute Gasteiger partial charge is 0.135 e. The van der Waals surface area contributed by atoms with Crippen LogP contribution in [0.4, 0.5) is 8.78 Å². The van der Waals surface area contributed by atoms with E-state index in [2.05, 4.69) is 0 Å². The van der Waals surface area contributed by atoms with Gasteiger partial charge in [-0.15, -0.1) is 0 Å². The quantitative estimate of drug-likeness (QED) is 0.800. The molecular formula is C12H16F2O. The Bertz CT molecular complexity index is 365. The van der Waals surface area contributed by atoms with Gasteiger partial charge in [-0.3, -0.25) is 0 Å². The van der Waals surface area contributed by atoms with Crippen molar-refractivity contribution in [2.75, 3.05) is 0 Å². The molecule has 0 saturated heterocycles. The summed E-state index contributed by atoms with van der Waals surface area (Å²) in [5, 5.41) is 9.68. The van der Waals surface area contributed by atoms with Gasteiger partial charge in [0.05, 0.1) is 11.2 Å². The fourth-order valence-corrected chi connectivity index (χ4v) is 1.58. The summed E-state index contributed by atoms with van der Waals surface area (Å²) in [6, 6.07) is 2.62. The highest BCUT2D eigenvalue weighted by atomic mass is 19.1. The lowest BCUT2D eigenvalue weighted by Crippen LogP contribution is -2.21. The highest BCUT2D eigenvalue weighted by Gasteiger charge is 2.27. The summed E-state index contributed by atoms with van der Waals surface area (Å²) in [5.41, 5.74) is -1.33. The summed E-state index contributed by atoms with van der Waals surface area (Å²) in [6.45, 7) is 6.39. The van der Waals surface area contributed by atoms with Gasteiger partial charge in [0.15, 0.2) is 0 Å². The van der Waals surface area contributed by atoms with Gasteiger partial charge in [-0.1, -0.05) is 19.9 Å². The molecule has 1 nitrogen and oxygen atoms in total. The van der Waals surface area contributed by atoms with Crippen molar-refractivity contribution in [1.29, 1.82) is 0 Å². The molecule has 1 N–H and O–H groups in total. The molecule has 0 heterocycles. The Morgan fingerprint density at radius 3 is 2.13 bits per heavy atom. The maximum absolute atomic E-state index is 13.9. The van der Waals surface area contributed by atoms with E-state index in [1.54, 1.807) is 0 Å². The zero-order chi connectivity index (χ0) is 11.8. The van der Waals surface area contributed by atoms with E-state index >= 15 is 0 Å². The average Bonchev–Trinajstić information content (AvgIpc) is 2.00. The van der Waals surface area contributed by atoms with Crippen molar-refractivity contribution in [3.8, 4) is 0 Å². The van der Waals surface area contributed by atoms with Crippen LogP contribution in [-0.4, -0.2) is 5.11 Å². The Morgan fingerprint density at radius 1 is 1.20 bits per heavy atom. The zero-order valence-corrected chi connectivity index (χ0v) is 9.44. The normalized spacial score (nSPS) is 12.3. The van der Waals surface area contributed by atoms with Gasteiger partial charge in [-0.2, -0.15) is 0 Å². The summed E-state index contributed by atoms with van der Waals surface area (Å²) in [6.07, 6.45) is 0. The Morgan fingerprint density at radius 2 is 1.73 bits per heavy atom. The van der Waals surface area contributed by atoms with Crippen LogP contribution in [-0.2, 0) is 5.60 Å². The minimum absolute atomic E-state index is 0.0355. The molecule has 0 spiro atoms. The van der Waals surface area contributed by atoms with E-state index in [0.717, 1.165) is 0 Å². The van der Waals surface area contributed by atoms with Crippen LogP contribution in [0.3, 0.4) is 0 Å². The van der Waals surface area contributed by atoms with E-state index in [1.165, 1.54) is 26.0 Å². The molecular weight excluding hydrogens is 198 g/mol. The maximum atomic E-state index is 13.9. The lowest BCUT2D eigenvalue weighted by molar-refractivity contribution is 0.0700. The predicted molar refractivity (Wildman–Crippen MR) is 55.7 cm³/mol. The topological polar surface area (TPSA) is 20.2 Å². The summed E-state index contributed by atoms with van der Waals surface area (Å²) in [7, 11) is 0. The molecule has 0 aromatic heterocycles. The minimum atomic E-state index is -1.50. The molecule has 0 fully saturated rings. The van der Waals surface area contributed by atoms with Crippen LogP contribution < -0.4 is 0 Å². The number of halogens is 2. The van der Waals surface area contributed by atoms with Gasteiger partial charge in [-0.25, -0.2) is 8.78 Å². The Balaban J connectivity index is 3.44. The fraction of sp³-hybridized carbons (Fsp3) is 0.500. The van der Waals surface area contributed by atoms with Crippen molar-refractivity contribution < 1.29 is 13.9 Å². The van der Waals surface area contributed by atoms with E-state index in [-0.39, 0.29) is 11.5 Å². The predicted octanol–water partition coefficient (Wildman–Crippen LogP) is 3.32. The number of rotatable bonds is 2. The number of aliphatic hydroxyl groups is 1. The van der Waals surface area contributed by atoms with Crippen molar-refractivity contribution >= 4 is 0 Å². The zero-order valence-electron chi connectivity index (χ0n) is 9.44. The van der Waals surface area contributed by atoms with Gasteiger partial charge in [-0.05, 0) is 31.4 Å². The van der Waals surface area contributed by atoms with Crippen LogP contribution in [0.5, 0.6) is 0 Å². The summed E-state index contributed by atoms with van der Waals surface area (Å²) in [4.78, 5) is 0. The monoisotopic (exact) mass is 214 g/mol. The Hall–Kier alpha value is -0.960. The van der Waals surface area contributed by atoms with Crippen molar-refractivity contribution in [1.82, 2.24) is 0 Å².